The van der Waals surface area contributed by atoms with Crippen LogP contribution < -0.4 is 4.90 Å². The molecule has 2 atom stereocenters. The third kappa shape index (κ3) is 2.44. The molecule has 0 radical (unpaired) electrons. The minimum Gasteiger partial charge on any atom is -0.389 e. The van der Waals surface area contributed by atoms with Crippen molar-refractivity contribution in [2.45, 2.75) is 45.8 Å². The summed E-state index contributed by atoms with van der Waals surface area (Å²) in [7, 11) is 0. The lowest BCUT2D eigenvalue weighted by Gasteiger charge is -2.30. The molecular formula is C14H22N2O. The van der Waals surface area contributed by atoms with Crippen molar-refractivity contribution in [3.8, 4) is 0 Å². The first-order valence-corrected chi connectivity index (χ1v) is 6.51. The van der Waals surface area contributed by atoms with Crippen molar-refractivity contribution in [1.29, 1.82) is 0 Å². The van der Waals surface area contributed by atoms with E-state index < -0.39 is 6.10 Å². The fourth-order valence-corrected chi connectivity index (χ4v) is 2.72. The monoisotopic (exact) mass is 234 g/mol. The second-order valence-electron chi connectivity index (χ2n) is 5.24. The molecular weight excluding hydrogens is 212 g/mol. The minimum atomic E-state index is -0.452. The van der Waals surface area contributed by atoms with Crippen molar-refractivity contribution in [2.24, 2.45) is 5.92 Å². The van der Waals surface area contributed by atoms with Gasteiger partial charge in [-0.05, 0) is 31.7 Å². The van der Waals surface area contributed by atoms with E-state index in [2.05, 4.69) is 23.7 Å². The van der Waals surface area contributed by atoms with Crippen molar-refractivity contribution in [1.82, 2.24) is 4.98 Å². The Morgan fingerprint density at radius 2 is 2.18 bits per heavy atom. The normalized spacial score (nSPS) is 22.2. The van der Waals surface area contributed by atoms with Crippen LogP contribution in [0.3, 0.4) is 0 Å². The Bertz CT molecular complexity index is 376. The first kappa shape index (κ1) is 12.4. The van der Waals surface area contributed by atoms with E-state index in [1.165, 1.54) is 12.8 Å². The highest BCUT2D eigenvalue weighted by molar-refractivity contribution is 5.49. The lowest BCUT2D eigenvalue weighted by atomic mass is 10.0. The zero-order valence-corrected chi connectivity index (χ0v) is 10.9. The van der Waals surface area contributed by atoms with Crippen LogP contribution >= 0.6 is 0 Å². The molecule has 1 aliphatic rings. The maximum Gasteiger partial charge on any atom is 0.134 e. The van der Waals surface area contributed by atoms with Gasteiger partial charge in [-0.1, -0.05) is 19.9 Å². The van der Waals surface area contributed by atoms with Gasteiger partial charge in [0.2, 0.25) is 0 Å². The van der Waals surface area contributed by atoms with E-state index in [4.69, 9.17) is 0 Å². The van der Waals surface area contributed by atoms with Gasteiger partial charge < -0.3 is 10.0 Å². The summed E-state index contributed by atoms with van der Waals surface area (Å²) in [4.78, 5) is 6.85. The SMILES string of the molecule is CC(C)C1CCCN1c1ncccc1[C@H](C)O. The van der Waals surface area contributed by atoms with Crippen molar-refractivity contribution in [3.05, 3.63) is 23.9 Å². The number of aromatic nitrogens is 1. The van der Waals surface area contributed by atoms with Crippen LogP contribution in [-0.2, 0) is 0 Å². The summed E-state index contributed by atoms with van der Waals surface area (Å²) in [5.74, 6) is 1.60. The average Bonchev–Trinajstić information content (AvgIpc) is 2.77. The molecule has 17 heavy (non-hydrogen) atoms. The molecule has 1 saturated heterocycles. The van der Waals surface area contributed by atoms with Crippen LogP contribution in [0, 0.1) is 5.92 Å². The van der Waals surface area contributed by atoms with Crippen molar-refractivity contribution in [2.75, 3.05) is 11.4 Å². The molecule has 1 N–H and O–H groups in total. The van der Waals surface area contributed by atoms with Crippen LogP contribution in [0.5, 0.6) is 0 Å². The zero-order chi connectivity index (χ0) is 12.4. The van der Waals surface area contributed by atoms with Gasteiger partial charge in [0.05, 0.1) is 6.10 Å². The van der Waals surface area contributed by atoms with E-state index >= 15 is 0 Å². The summed E-state index contributed by atoms with van der Waals surface area (Å²) in [6.45, 7) is 7.38. The van der Waals surface area contributed by atoms with Gasteiger partial charge in [0.25, 0.3) is 0 Å². The highest BCUT2D eigenvalue weighted by Gasteiger charge is 2.29. The molecule has 3 nitrogen and oxygen atoms in total. The van der Waals surface area contributed by atoms with Gasteiger partial charge in [0.1, 0.15) is 5.82 Å². The second kappa shape index (κ2) is 5.05. The Hall–Kier alpha value is -1.09. The third-order valence-electron chi connectivity index (χ3n) is 3.61. The molecule has 1 aromatic rings. The van der Waals surface area contributed by atoms with Gasteiger partial charge in [0, 0.05) is 24.3 Å². The van der Waals surface area contributed by atoms with E-state index in [1.807, 2.05) is 18.3 Å². The van der Waals surface area contributed by atoms with Crippen LogP contribution in [-0.4, -0.2) is 22.7 Å². The Kier molecular flexibility index (Phi) is 3.67. The number of aliphatic hydroxyl groups is 1. The maximum absolute atomic E-state index is 9.82. The van der Waals surface area contributed by atoms with E-state index in [1.54, 1.807) is 6.92 Å². The number of anilines is 1. The maximum atomic E-state index is 9.82. The highest BCUT2D eigenvalue weighted by atomic mass is 16.3. The summed E-state index contributed by atoms with van der Waals surface area (Å²) < 4.78 is 0. The van der Waals surface area contributed by atoms with Crippen LogP contribution in [0.1, 0.15) is 45.3 Å². The van der Waals surface area contributed by atoms with Crippen LogP contribution in [0.15, 0.2) is 18.3 Å². The Balaban J connectivity index is 2.33. The van der Waals surface area contributed by atoms with Gasteiger partial charge in [-0.15, -0.1) is 0 Å². The second-order valence-corrected chi connectivity index (χ2v) is 5.24. The van der Waals surface area contributed by atoms with Gasteiger partial charge in [-0.25, -0.2) is 4.98 Å². The highest BCUT2D eigenvalue weighted by Crippen LogP contribution is 2.32. The molecule has 94 valence electrons. The summed E-state index contributed by atoms with van der Waals surface area (Å²) in [5, 5.41) is 9.82. The topological polar surface area (TPSA) is 36.4 Å². The van der Waals surface area contributed by atoms with Crippen LogP contribution in [0.2, 0.25) is 0 Å². The van der Waals surface area contributed by atoms with Crippen molar-refractivity contribution >= 4 is 5.82 Å². The quantitative estimate of drug-likeness (QED) is 0.873. The van der Waals surface area contributed by atoms with E-state index in [-0.39, 0.29) is 0 Å². The zero-order valence-electron chi connectivity index (χ0n) is 10.9. The molecule has 1 fully saturated rings. The summed E-state index contributed by atoms with van der Waals surface area (Å²) in [6.07, 6.45) is 3.82. The van der Waals surface area contributed by atoms with Crippen molar-refractivity contribution in [3.63, 3.8) is 0 Å². The molecule has 0 saturated carbocycles. The predicted octanol–water partition coefficient (Wildman–Crippen LogP) is 2.76. The molecule has 0 aromatic carbocycles. The Morgan fingerprint density at radius 3 is 2.82 bits per heavy atom. The number of rotatable bonds is 3. The molecule has 3 heteroatoms. The fraction of sp³-hybridized carbons (Fsp3) is 0.643. The summed E-state index contributed by atoms with van der Waals surface area (Å²) in [5.41, 5.74) is 0.944. The molecule has 1 aliphatic heterocycles. The molecule has 2 heterocycles. The lowest BCUT2D eigenvalue weighted by molar-refractivity contribution is 0.199. The van der Waals surface area contributed by atoms with E-state index in [9.17, 15) is 5.11 Å². The predicted molar refractivity (Wildman–Crippen MR) is 70.1 cm³/mol. The van der Waals surface area contributed by atoms with Crippen molar-refractivity contribution < 1.29 is 5.11 Å². The standard InChI is InChI=1S/C14H22N2O/c1-10(2)13-7-5-9-16(13)14-12(11(3)17)6-4-8-15-14/h4,6,8,10-11,13,17H,5,7,9H2,1-3H3/t11-,13?/m0/s1. The van der Waals surface area contributed by atoms with Crippen LogP contribution in [0.4, 0.5) is 5.82 Å². The first-order valence-electron chi connectivity index (χ1n) is 6.51. The minimum absolute atomic E-state index is 0.452. The molecule has 0 spiro atoms. The molecule has 2 rings (SSSR count). The number of hydrogen-bond acceptors (Lipinski definition) is 3. The van der Waals surface area contributed by atoms with Gasteiger partial charge in [0.15, 0.2) is 0 Å². The molecule has 0 aliphatic carbocycles. The molecule has 0 bridgehead atoms. The number of nitrogens with zero attached hydrogens (tertiary/aromatic N) is 2. The third-order valence-corrected chi connectivity index (χ3v) is 3.61. The molecule has 0 amide bonds. The van der Waals surface area contributed by atoms with Gasteiger partial charge in [-0.3, -0.25) is 0 Å². The summed E-state index contributed by atoms with van der Waals surface area (Å²) in [6, 6.07) is 4.43. The smallest absolute Gasteiger partial charge is 0.134 e. The van der Waals surface area contributed by atoms with E-state index in [0.29, 0.717) is 12.0 Å². The number of aliphatic hydroxyl groups excluding tert-OH is 1. The fourth-order valence-electron chi connectivity index (χ4n) is 2.72. The first-order chi connectivity index (χ1) is 8.11. The van der Waals surface area contributed by atoms with Gasteiger partial charge in [-0.2, -0.15) is 0 Å². The summed E-state index contributed by atoms with van der Waals surface area (Å²) >= 11 is 0. The van der Waals surface area contributed by atoms with Crippen LogP contribution in [0.25, 0.3) is 0 Å². The van der Waals surface area contributed by atoms with E-state index in [0.717, 1.165) is 17.9 Å². The Labute approximate surface area is 103 Å². The lowest BCUT2D eigenvalue weighted by Crippen LogP contribution is -2.34. The largest absolute Gasteiger partial charge is 0.389 e. The molecule has 1 unspecified atom stereocenters. The van der Waals surface area contributed by atoms with Gasteiger partial charge >= 0.3 is 0 Å². The average molecular weight is 234 g/mol. The number of hydrogen-bond donors (Lipinski definition) is 1. The Morgan fingerprint density at radius 1 is 1.41 bits per heavy atom. The molecule has 1 aromatic heterocycles. The number of pyridine rings is 1.